The van der Waals surface area contributed by atoms with Crippen molar-refractivity contribution in [1.29, 1.82) is 0 Å². The average molecular weight is 266 g/mol. The molecule has 0 amide bonds. The summed E-state index contributed by atoms with van der Waals surface area (Å²) in [7, 11) is -4.23. The zero-order valence-corrected chi connectivity index (χ0v) is 10.2. The van der Waals surface area contributed by atoms with E-state index in [1.165, 1.54) is 24.3 Å². The largest absolute Gasteiger partial charge is 0.584 e. The number of phosphoric ester groups is 1. The topological polar surface area (TPSA) is 76.0 Å². The number of hydrogen-bond acceptors (Lipinski definition) is 4. The van der Waals surface area contributed by atoms with Crippen molar-refractivity contribution in [3.8, 4) is 17.2 Å². The lowest BCUT2D eigenvalue weighted by Gasteiger charge is -2.13. The SMILES string of the molecule is O=P(O)(Oc1ccccc1)Oc1ccc(O)cc1. The van der Waals surface area contributed by atoms with Gasteiger partial charge in [-0.05, 0) is 36.4 Å². The fourth-order valence-electron chi connectivity index (χ4n) is 1.27. The van der Waals surface area contributed by atoms with Crippen molar-refractivity contribution in [3.63, 3.8) is 0 Å². The molecule has 1 atom stereocenters. The Hall–Kier alpha value is -1.97. The van der Waals surface area contributed by atoms with Gasteiger partial charge in [-0.2, -0.15) is 0 Å². The summed E-state index contributed by atoms with van der Waals surface area (Å²) < 4.78 is 21.4. The lowest BCUT2D eigenvalue weighted by Crippen LogP contribution is -1.99. The first-order valence-corrected chi connectivity index (χ1v) is 6.61. The minimum Gasteiger partial charge on any atom is -0.508 e. The van der Waals surface area contributed by atoms with Gasteiger partial charge in [-0.3, -0.25) is 4.89 Å². The molecule has 0 saturated heterocycles. The van der Waals surface area contributed by atoms with Gasteiger partial charge in [0.15, 0.2) is 0 Å². The molecule has 0 saturated carbocycles. The van der Waals surface area contributed by atoms with Crippen LogP contribution < -0.4 is 9.05 Å². The molecule has 2 rings (SSSR count). The van der Waals surface area contributed by atoms with Gasteiger partial charge in [0.25, 0.3) is 0 Å². The standard InChI is InChI=1S/C12H11O5P/c13-10-6-8-12(9-7-10)17-18(14,15)16-11-4-2-1-3-5-11/h1-9,13H,(H,14,15). The van der Waals surface area contributed by atoms with Crippen molar-refractivity contribution in [2.45, 2.75) is 0 Å². The molecule has 2 aromatic rings. The van der Waals surface area contributed by atoms with Crippen LogP contribution in [0.4, 0.5) is 0 Å². The van der Waals surface area contributed by atoms with Crippen molar-refractivity contribution in [2.75, 3.05) is 0 Å². The third-order valence-electron chi connectivity index (χ3n) is 2.02. The monoisotopic (exact) mass is 266 g/mol. The van der Waals surface area contributed by atoms with Crippen LogP contribution in [0.1, 0.15) is 0 Å². The highest BCUT2D eigenvalue weighted by molar-refractivity contribution is 7.48. The molecular weight excluding hydrogens is 255 g/mol. The van der Waals surface area contributed by atoms with Crippen molar-refractivity contribution < 1.29 is 23.6 Å². The summed E-state index contributed by atoms with van der Waals surface area (Å²) in [6.07, 6.45) is 0. The fraction of sp³-hybridized carbons (Fsp3) is 0. The van der Waals surface area contributed by atoms with Crippen molar-refractivity contribution >= 4 is 7.82 Å². The molecule has 0 radical (unpaired) electrons. The average Bonchev–Trinajstić information content (AvgIpc) is 2.32. The van der Waals surface area contributed by atoms with Crippen LogP contribution in [0.25, 0.3) is 0 Å². The van der Waals surface area contributed by atoms with Crippen LogP contribution in [-0.4, -0.2) is 10.00 Å². The molecule has 6 heteroatoms. The summed E-state index contributed by atoms with van der Waals surface area (Å²) >= 11 is 0. The number of phenolic OH excluding ortho intramolecular Hbond substituents is 1. The van der Waals surface area contributed by atoms with E-state index in [2.05, 4.69) is 0 Å². The maximum Gasteiger partial charge on any atom is 0.584 e. The van der Waals surface area contributed by atoms with E-state index in [-0.39, 0.29) is 17.2 Å². The van der Waals surface area contributed by atoms with Gasteiger partial charge in [-0.1, -0.05) is 18.2 Å². The molecule has 0 aliphatic carbocycles. The first kappa shape index (κ1) is 12.5. The van der Waals surface area contributed by atoms with Crippen LogP contribution in [0.5, 0.6) is 17.2 Å². The van der Waals surface area contributed by atoms with Gasteiger partial charge >= 0.3 is 7.82 Å². The zero-order valence-electron chi connectivity index (χ0n) is 9.26. The van der Waals surface area contributed by atoms with E-state index in [4.69, 9.17) is 14.2 Å². The Morgan fingerprint density at radius 2 is 1.33 bits per heavy atom. The lowest BCUT2D eigenvalue weighted by atomic mass is 10.3. The summed E-state index contributed by atoms with van der Waals surface area (Å²) in [6.45, 7) is 0. The smallest absolute Gasteiger partial charge is 0.508 e. The quantitative estimate of drug-likeness (QED) is 0.832. The minimum absolute atomic E-state index is 0.0408. The van der Waals surface area contributed by atoms with Crippen LogP contribution in [0, 0.1) is 0 Å². The molecule has 0 aliphatic heterocycles. The van der Waals surface area contributed by atoms with Gasteiger partial charge in [0, 0.05) is 0 Å². The van der Waals surface area contributed by atoms with Crippen LogP contribution in [0.3, 0.4) is 0 Å². The molecule has 1 unspecified atom stereocenters. The van der Waals surface area contributed by atoms with Crippen LogP contribution in [0.2, 0.25) is 0 Å². The Balaban J connectivity index is 2.08. The molecule has 0 aliphatic rings. The van der Waals surface area contributed by atoms with Crippen LogP contribution >= 0.6 is 7.82 Å². The van der Waals surface area contributed by atoms with E-state index in [0.717, 1.165) is 0 Å². The Bertz CT molecular complexity index is 552. The third-order valence-corrected chi connectivity index (χ3v) is 2.90. The molecule has 5 nitrogen and oxygen atoms in total. The molecule has 0 fully saturated rings. The van der Waals surface area contributed by atoms with E-state index in [1.807, 2.05) is 0 Å². The minimum atomic E-state index is -4.23. The summed E-state index contributed by atoms with van der Waals surface area (Å²) in [6, 6.07) is 13.6. The van der Waals surface area contributed by atoms with Crippen LogP contribution in [-0.2, 0) is 4.57 Å². The highest BCUT2D eigenvalue weighted by Crippen LogP contribution is 2.44. The first-order valence-electron chi connectivity index (χ1n) is 5.11. The Labute approximate surface area is 104 Å². The Morgan fingerprint density at radius 3 is 1.89 bits per heavy atom. The second-order valence-electron chi connectivity index (χ2n) is 3.46. The molecule has 0 bridgehead atoms. The van der Waals surface area contributed by atoms with Gasteiger partial charge in [0.2, 0.25) is 0 Å². The second kappa shape index (κ2) is 5.12. The van der Waals surface area contributed by atoms with Crippen molar-refractivity contribution in [2.24, 2.45) is 0 Å². The summed E-state index contributed by atoms with van der Waals surface area (Å²) in [4.78, 5) is 9.54. The molecule has 0 aromatic heterocycles. The van der Waals surface area contributed by atoms with Crippen molar-refractivity contribution in [3.05, 3.63) is 54.6 Å². The van der Waals surface area contributed by atoms with Crippen LogP contribution in [0.15, 0.2) is 54.6 Å². The van der Waals surface area contributed by atoms with E-state index in [0.29, 0.717) is 0 Å². The number of hydrogen-bond donors (Lipinski definition) is 2. The molecule has 94 valence electrons. The summed E-state index contributed by atoms with van der Waals surface area (Å²) in [5.41, 5.74) is 0. The van der Waals surface area contributed by atoms with E-state index >= 15 is 0 Å². The number of benzene rings is 2. The molecule has 2 N–H and O–H groups in total. The number of phosphoric acid groups is 1. The predicted molar refractivity (Wildman–Crippen MR) is 65.6 cm³/mol. The number of para-hydroxylation sites is 1. The molecule has 18 heavy (non-hydrogen) atoms. The molecule has 2 aromatic carbocycles. The number of rotatable bonds is 4. The third kappa shape index (κ3) is 3.52. The predicted octanol–water partition coefficient (Wildman–Crippen LogP) is 2.95. The maximum absolute atomic E-state index is 11.7. The van der Waals surface area contributed by atoms with Gasteiger partial charge in [0.05, 0.1) is 0 Å². The Morgan fingerprint density at radius 1 is 0.833 bits per heavy atom. The maximum atomic E-state index is 11.7. The molecule has 0 heterocycles. The number of phenols is 1. The fourth-order valence-corrected chi connectivity index (χ4v) is 2.09. The summed E-state index contributed by atoms with van der Waals surface area (Å²) in [5.74, 6) is 0.413. The summed E-state index contributed by atoms with van der Waals surface area (Å²) in [5, 5.41) is 9.07. The normalized spacial score (nSPS) is 13.6. The second-order valence-corrected chi connectivity index (χ2v) is 4.76. The van der Waals surface area contributed by atoms with E-state index in [9.17, 15) is 9.46 Å². The van der Waals surface area contributed by atoms with Crippen molar-refractivity contribution in [1.82, 2.24) is 0 Å². The number of aromatic hydroxyl groups is 1. The lowest BCUT2D eigenvalue weighted by molar-refractivity contribution is 0.290. The molecular formula is C12H11O5P. The van der Waals surface area contributed by atoms with Gasteiger partial charge in [-0.15, -0.1) is 0 Å². The zero-order chi connectivity index (χ0) is 13.0. The highest BCUT2D eigenvalue weighted by Gasteiger charge is 2.24. The first-order chi connectivity index (χ1) is 8.55. The van der Waals surface area contributed by atoms with E-state index < -0.39 is 7.82 Å². The van der Waals surface area contributed by atoms with Gasteiger partial charge < -0.3 is 14.2 Å². The Kier molecular flexibility index (Phi) is 3.55. The van der Waals surface area contributed by atoms with Gasteiger partial charge in [-0.25, -0.2) is 4.57 Å². The van der Waals surface area contributed by atoms with Gasteiger partial charge in [0.1, 0.15) is 17.2 Å². The van der Waals surface area contributed by atoms with E-state index in [1.54, 1.807) is 30.3 Å². The molecule has 0 spiro atoms. The highest BCUT2D eigenvalue weighted by atomic mass is 31.2.